The van der Waals surface area contributed by atoms with Gasteiger partial charge in [0, 0.05) is 25.6 Å². The van der Waals surface area contributed by atoms with Crippen molar-refractivity contribution < 1.29 is 8.42 Å². The lowest BCUT2D eigenvalue weighted by Gasteiger charge is -2.09. The lowest BCUT2D eigenvalue weighted by atomic mass is 10.4. The maximum absolute atomic E-state index is 12.1. The van der Waals surface area contributed by atoms with E-state index in [2.05, 4.69) is 20.2 Å². The number of rotatable bonds is 4. The Balaban J connectivity index is 2.36. The summed E-state index contributed by atoms with van der Waals surface area (Å²) >= 11 is 0. The van der Waals surface area contributed by atoms with Gasteiger partial charge in [0.15, 0.2) is 0 Å². The first-order valence-corrected chi connectivity index (χ1v) is 6.43. The number of hydrogen-bond acceptors (Lipinski definition) is 6. The Morgan fingerprint density at radius 3 is 2.78 bits per heavy atom. The van der Waals surface area contributed by atoms with E-state index in [0.29, 0.717) is 5.69 Å². The number of aromatic nitrogens is 3. The first-order valence-electron chi connectivity index (χ1n) is 4.95. The predicted molar refractivity (Wildman–Crippen MR) is 66.1 cm³/mol. The van der Waals surface area contributed by atoms with Gasteiger partial charge in [0.1, 0.15) is 4.90 Å². The Morgan fingerprint density at radius 1 is 1.39 bits per heavy atom. The molecule has 2 heterocycles. The number of hydrazine groups is 1. The van der Waals surface area contributed by atoms with Crippen LogP contribution in [0.25, 0.3) is 0 Å². The maximum Gasteiger partial charge on any atom is 0.265 e. The molecule has 0 saturated carbocycles. The molecular weight excluding hydrogens is 256 g/mol. The van der Waals surface area contributed by atoms with Crippen LogP contribution in [0.3, 0.4) is 0 Å². The number of nitrogen functional groups attached to an aromatic ring is 1. The van der Waals surface area contributed by atoms with E-state index < -0.39 is 10.0 Å². The van der Waals surface area contributed by atoms with E-state index in [0.717, 1.165) is 0 Å². The smallest absolute Gasteiger partial charge is 0.265 e. The van der Waals surface area contributed by atoms with Crippen LogP contribution in [0, 0.1) is 0 Å². The highest BCUT2D eigenvalue weighted by Crippen LogP contribution is 2.21. The van der Waals surface area contributed by atoms with E-state index in [1.165, 1.54) is 29.3 Å². The van der Waals surface area contributed by atoms with E-state index in [-0.39, 0.29) is 10.6 Å². The van der Waals surface area contributed by atoms with E-state index in [4.69, 9.17) is 5.84 Å². The van der Waals surface area contributed by atoms with Crippen molar-refractivity contribution in [3.05, 3.63) is 30.9 Å². The summed E-state index contributed by atoms with van der Waals surface area (Å²) in [5, 5.41) is 3.87. The maximum atomic E-state index is 12.1. The fourth-order valence-electron chi connectivity index (χ4n) is 1.40. The molecule has 2 rings (SSSR count). The zero-order valence-corrected chi connectivity index (χ0v) is 10.3. The molecule has 0 radical (unpaired) electrons. The molecule has 0 aliphatic heterocycles. The van der Waals surface area contributed by atoms with Crippen molar-refractivity contribution in [2.75, 3.05) is 10.1 Å². The van der Waals surface area contributed by atoms with Crippen molar-refractivity contribution in [2.24, 2.45) is 12.9 Å². The molecule has 2 aromatic heterocycles. The highest BCUT2D eigenvalue weighted by Gasteiger charge is 2.19. The van der Waals surface area contributed by atoms with Gasteiger partial charge in [-0.05, 0) is 6.07 Å². The topological polar surface area (TPSA) is 115 Å². The monoisotopic (exact) mass is 268 g/mol. The second-order valence-corrected chi connectivity index (χ2v) is 5.18. The highest BCUT2D eigenvalue weighted by molar-refractivity contribution is 7.92. The van der Waals surface area contributed by atoms with Crippen molar-refractivity contribution in [1.82, 2.24) is 14.8 Å². The molecule has 0 bridgehead atoms. The van der Waals surface area contributed by atoms with Gasteiger partial charge in [-0.25, -0.2) is 8.42 Å². The largest absolute Gasteiger partial charge is 0.323 e. The minimum absolute atomic E-state index is 0.0312. The Hall–Kier alpha value is -2.13. The van der Waals surface area contributed by atoms with Crippen LogP contribution in [0.1, 0.15) is 0 Å². The quantitative estimate of drug-likeness (QED) is 0.527. The summed E-state index contributed by atoms with van der Waals surface area (Å²) in [6.07, 6.45) is 5.61. The molecule has 0 saturated heterocycles. The summed E-state index contributed by atoms with van der Waals surface area (Å²) in [4.78, 5) is 3.74. The fraction of sp³-hybridized carbons (Fsp3) is 0.111. The number of pyridine rings is 1. The van der Waals surface area contributed by atoms with Gasteiger partial charge in [-0.2, -0.15) is 5.10 Å². The summed E-state index contributed by atoms with van der Waals surface area (Å²) < 4.78 is 28.1. The number of hydrogen-bond donors (Lipinski definition) is 3. The molecule has 8 nitrogen and oxygen atoms in total. The molecule has 2 aromatic rings. The van der Waals surface area contributed by atoms with Crippen molar-refractivity contribution in [1.29, 1.82) is 0 Å². The summed E-state index contributed by atoms with van der Waals surface area (Å²) in [6, 6.07) is 1.47. The van der Waals surface area contributed by atoms with Crippen molar-refractivity contribution >= 4 is 21.4 Å². The Labute approximate surface area is 104 Å². The molecule has 0 atom stereocenters. The zero-order valence-electron chi connectivity index (χ0n) is 9.53. The van der Waals surface area contributed by atoms with E-state index in [1.807, 2.05) is 0 Å². The van der Waals surface area contributed by atoms with Gasteiger partial charge in [-0.15, -0.1) is 0 Å². The van der Waals surface area contributed by atoms with Crippen molar-refractivity contribution in [3.63, 3.8) is 0 Å². The number of aryl methyl sites for hydroxylation is 1. The van der Waals surface area contributed by atoms with Gasteiger partial charge >= 0.3 is 0 Å². The number of nitrogens with one attached hydrogen (secondary N) is 2. The number of sulfonamides is 1. The minimum Gasteiger partial charge on any atom is -0.323 e. The first-order chi connectivity index (χ1) is 8.53. The average Bonchev–Trinajstić information content (AvgIpc) is 2.74. The van der Waals surface area contributed by atoms with Crippen LogP contribution in [-0.4, -0.2) is 23.2 Å². The van der Waals surface area contributed by atoms with Crippen molar-refractivity contribution in [3.8, 4) is 0 Å². The van der Waals surface area contributed by atoms with E-state index in [9.17, 15) is 8.42 Å². The van der Waals surface area contributed by atoms with Gasteiger partial charge in [-0.1, -0.05) is 0 Å². The molecule has 9 heteroatoms. The average molecular weight is 268 g/mol. The number of anilines is 2. The van der Waals surface area contributed by atoms with Crippen LogP contribution >= 0.6 is 0 Å². The first kappa shape index (κ1) is 12.3. The molecule has 0 spiro atoms. The third-order valence-corrected chi connectivity index (χ3v) is 3.60. The van der Waals surface area contributed by atoms with E-state index in [1.54, 1.807) is 13.2 Å². The van der Waals surface area contributed by atoms with Crippen molar-refractivity contribution in [2.45, 2.75) is 4.90 Å². The van der Waals surface area contributed by atoms with Crippen LogP contribution in [0.15, 0.2) is 35.7 Å². The highest BCUT2D eigenvalue weighted by atomic mass is 32.2. The third kappa shape index (κ3) is 2.41. The van der Waals surface area contributed by atoms with Crippen LogP contribution in [-0.2, 0) is 17.1 Å². The molecule has 18 heavy (non-hydrogen) atoms. The van der Waals surface area contributed by atoms with Gasteiger partial charge in [-0.3, -0.25) is 20.2 Å². The zero-order chi connectivity index (χ0) is 13.2. The molecule has 0 aliphatic carbocycles. The second-order valence-electron chi connectivity index (χ2n) is 3.52. The molecule has 0 fully saturated rings. The molecule has 0 unspecified atom stereocenters. The molecule has 0 aliphatic rings. The lowest BCUT2D eigenvalue weighted by Crippen LogP contribution is -2.17. The van der Waals surface area contributed by atoms with Gasteiger partial charge in [0.2, 0.25) is 0 Å². The standard InChI is InChI=1S/C9H12N6O2S/c1-15-6-7(4-12-15)14-18(16,17)9-5-11-3-2-8(9)13-10/h2-6,14H,10H2,1H3,(H,11,13). The predicted octanol–water partition coefficient (Wildman–Crippen LogP) is -0.0985. The van der Waals surface area contributed by atoms with E-state index >= 15 is 0 Å². The molecule has 0 aromatic carbocycles. The Morgan fingerprint density at radius 2 is 2.17 bits per heavy atom. The Kier molecular flexibility index (Phi) is 3.17. The van der Waals surface area contributed by atoms with Gasteiger partial charge in [0.25, 0.3) is 10.0 Å². The van der Waals surface area contributed by atoms with Gasteiger partial charge < -0.3 is 5.43 Å². The number of nitrogens with zero attached hydrogens (tertiary/aromatic N) is 3. The summed E-state index contributed by atoms with van der Waals surface area (Å²) in [6.45, 7) is 0. The second kappa shape index (κ2) is 4.63. The fourth-order valence-corrected chi connectivity index (χ4v) is 2.54. The SMILES string of the molecule is Cn1cc(NS(=O)(=O)c2cnccc2NN)cn1. The normalized spacial score (nSPS) is 11.2. The number of nitrogens with two attached hydrogens (primary N) is 1. The van der Waals surface area contributed by atoms with Gasteiger partial charge in [0.05, 0.1) is 17.6 Å². The Bertz CT molecular complexity index is 651. The summed E-state index contributed by atoms with van der Waals surface area (Å²) in [5.74, 6) is 5.26. The minimum atomic E-state index is -3.75. The van der Waals surface area contributed by atoms with Crippen LogP contribution < -0.4 is 16.0 Å². The molecule has 96 valence electrons. The summed E-state index contributed by atoms with van der Waals surface area (Å²) in [7, 11) is -2.06. The molecule has 4 N–H and O–H groups in total. The molecule has 0 amide bonds. The third-order valence-electron chi connectivity index (χ3n) is 2.19. The molecular formula is C9H12N6O2S. The van der Waals surface area contributed by atoms with Crippen LogP contribution in [0.2, 0.25) is 0 Å². The summed E-state index contributed by atoms with van der Waals surface area (Å²) in [5.41, 5.74) is 2.94. The lowest BCUT2D eigenvalue weighted by molar-refractivity contribution is 0.601. The van der Waals surface area contributed by atoms with Crippen LogP contribution in [0.4, 0.5) is 11.4 Å². The van der Waals surface area contributed by atoms with Crippen LogP contribution in [0.5, 0.6) is 0 Å².